The van der Waals surface area contributed by atoms with Gasteiger partial charge in [0.1, 0.15) is 6.23 Å². The van der Waals surface area contributed by atoms with Gasteiger partial charge in [0.05, 0.1) is 11.8 Å². The maximum Gasteiger partial charge on any atom is 0.228 e. The van der Waals surface area contributed by atoms with Gasteiger partial charge < -0.3 is 9.33 Å². The number of carbonyl (C=O) groups is 1. The number of β-lactam (4-membered cyclic amide) rings is 1. The molecule has 1 saturated heterocycles. The third-order valence-corrected chi connectivity index (χ3v) is 10.4. The molecule has 0 saturated carbocycles. The maximum atomic E-state index is 12.1. The van der Waals surface area contributed by atoms with E-state index in [0.717, 1.165) is 0 Å². The molecule has 2 rings (SSSR count). The number of rotatable bonds is 5. The lowest BCUT2D eigenvalue weighted by Crippen LogP contribution is -2.59. The summed E-state index contributed by atoms with van der Waals surface area (Å²) in [6.45, 7) is 13.1. The van der Waals surface area contributed by atoms with E-state index in [9.17, 15) is 4.79 Å². The highest BCUT2D eigenvalue weighted by molar-refractivity contribution is 8.00. The second-order valence-electron chi connectivity index (χ2n) is 7.37. The molecular weight excluding hydrogens is 310 g/mol. The first-order valence-corrected chi connectivity index (χ1v) is 11.6. The van der Waals surface area contributed by atoms with E-state index in [2.05, 4.69) is 46.0 Å². The van der Waals surface area contributed by atoms with Crippen LogP contribution in [0.1, 0.15) is 34.1 Å². The third-order valence-electron chi connectivity index (χ3n) is 4.63. The number of likely N-dealkylation sites (tertiary alicyclic amines) is 1. The van der Waals surface area contributed by atoms with Crippen LogP contribution in [0, 0.1) is 0 Å². The van der Waals surface area contributed by atoms with Crippen LogP contribution in [0.4, 0.5) is 0 Å². The van der Waals surface area contributed by atoms with Gasteiger partial charge in [0.15, 0.2) is 8.32 Å². The van der Waals surface area contributed by atoms with Gasteiger partial charge in [-0.3, -0.25) is 4.79 Å². The smallest absolute Gasteiger partial charge is 0.228 e. The van der Waals surface area contributed by atoms with Gasteiger partial charge in [-0.1, -0.05) is 39.0 Å². The van der Waals surface area contributed by atoms with E-state index >= 15 is 0 Å². The van der Waals surface area contributed by atoms with Gasteiger partial charge in [0.2, 0.25) is 5.91 Å². The Bertz CT molecular complexity index is 527. The normalized spacial score (nSPS) is 20.7. The maximum absolute atomic E-state index is 12.1. The Morgan fingerprint density at radius 3 is 2.36 bits per heavy atom. The summed E-state index contributed by atoms with van der Waals surface area (Å²) >= 11 is 1.74. The third kappa shape index (κ3) is 3.75. The van der Waals surface area contributed by atoms with E-state index in [1.54, 1.807) is 11.8 Å². The number of benzene rings is 1. The van der Waals surface area contributed by atoms with Crippen molar-refractivity contribution >= 4 is 26.0 Å². The van der Waals surface area contributed by atoms with E-state index in [1.165, 1.54) is 4.90 Å². The predicted molar refractivity (Wildman–Crippen MR) is 95.3 cm³/mol. The Hall–Kier alpha value is -0.783. The number of hydrogen-bond donors (Lipinski definition) is 0. The Morgan fingerprint density at radius 1 is 1.27 bits per heavy atom. The van der Waals surface area contributed by atoms with Gasteiger partial charge in [-0.05, 0) is 37.2 Å². The van der Waals surface area contributed by atoms with Crippen molar-refractivity contribution in [3.8, 4) is 0 Å². The van der Waals surface area contributed by atoms with Gasteiger partial charge >= 0.3 is 0 Å². The summed E-state index contributed by atoms with van der Waals surface area (Å²) in [6.07, 6.45) is 0.452. The standard InChI is InChI=1S/C17H27NO2SSi/c1-13(20-22(5,6)17(2,3)4)18-15(19)12-16(18)21-14-10-8-7-9-11-14/h7-11,13,16H,12H2,1-6H3/t13?,16-/m1/s1. The minimum atomic E-state index is -1.87. The van der Waals surface area contributed by atoms with Crippen LogP contribution in [0.5, 0.6) is 0 Å². The molecule has 1 fully saturated rings. The van der Waals surface area contributed by atoms with Crippen LogP contribution < -0.4 is 0 Å². The van der Waals surface area contributed by atoms with Crippen molar-refractivity contribution in [1.82, 2.24) is 4.90 Å². The lowest BCUT2D eigenvalue weighted by atomic mass is 10.2. The summed E-state index contributed by atoms with van der Waals surface area (Å²) in [5.41, 5.74) is 0. The monoisotopic (exact) mass is 337 g/mol. The van der Waals surface area contributed by atoms with Crippen LogP contribution in [0.25, 0.3) is 0 Å². The number of thioether (sulfide) groups is 1. The van der Waals surface area contributed by atoms with Crippen LogP contribution in [0.2, 0.25) is 18.1 Å². The fraction of sp³-hybridized carbons (Fsp3) is 0.588. The van der Waals surface area contributed by atoms with Crippen LogP contribution in [0.3, 0.4) is 0 Å². The van der Waals surface area contributed by atoms with Crippen LogP contribution in [0.15, 0.2) is 35.2 Å². The van der Waals surface area contributed by atoms with Crippen molar-refractivity contribution < 1.29 is 9.22 Å². The van der Waals surface area contributed by atoms with Gasteiger partial charge in [-0.15, -0.1) is 11.8 Å². The van der Waals surface area contributed by atoms with E-state index < -0.39 is 8.32 Å². The van der Waals surface area contributed by atoms with E-state index in [0.29, 0.717) is 6.42 Å². The molecule has 1 aromatic rings. The molecule has 0 aliphatic carbocycles. The van der Waals surface area contributed by atoms with Crippen molar-refractivity contribution in [1.29, 1.82) is 0 Å². The first-order valence-electron chi connectivity index (χ1n) is 7.82. The topological polar surface area (TPSA) is 29.5 Å². The van der Waals surface area contributed by atoms with Crippen molar-refractivity contribution in [3.63, 3.8) is 0 Å². The molecule has 122 valence electrons. The van der Waals surface area contributed by atoms with Gasteiger partial charge in [-0.25, -0.2) is 0 Å². The Balaban J connectivity index is 2.02. The molecule has 1 aromatic carbocycles. The van der Waals surface area contributed by atoms with Crippen molar-refractivity contribution in [3.05, 3.63) is 30.3 Å². The number of hydrogen-bond acceptors (Lipinski definition) is 3. The summed E-state index contributed by atoms with van der Waals surface area (Å²) in [6, 6.07) is 10.2. The summed E-state index contributed by atoms with van der Waals surface area (Å²) < 4.78 is 6.38. The minimum Gasteiger partial charge on any atom is -0.397 e. The Labute approximate surface area is 139 Å². The van der Waals surface area contributed by atoms with Crippen molar-refractivity contribution in [2.45, 2.75) is 68.7 Å². The Kier molecular flexibility index (Phi) is 5.09. The van der Waals surface area contributed by atoms with Gasteiger partial charge in [0, 0.05) is 4.90 Å². The second-order valence-corrected chi connectivity index (χ2v) is 13.4. The molecular formula is C17H27NO2SSi. The fourth-order valence-corrected chi connectivity index (χ4v) is 4.83. The van der Waals surface area contributed by atoms with Crippen molar-refractivity contribution in [2.75, 3.05) is 0 Å². The minimum absolute atomic E-state index is 0.150. The quantitative estimate of drug-likeness (QED) is 0.576. The molecule has 2 atom stereocenters. The molecule has 3 nitrogen and oxygen atoms in total. The number of nitrogens with zero attached hydrogens (tertiary/aromatic N) is 1. The number of carbonyl (C=O) groups excluding carboxylic acids is 1. The van der Waals surface area contributed by atoms with Gasteiger partial charge in [0.25, 0.3) is 0 Å². The highest BCUT2D eigenvalue weighted by atomic mass is 32.2. The molecule has 1 unspecified atom stereocenters. The lowest BCUT2D eigenvalue weighted by molar-refractivity contribution is -0.153. The molecule has 0 N–H and O–H groups in total. The zero-order chi connectivity index (χ0) is 16.5. The summed E-state index contributed by atoms with van der Waals surface area (Å²) in [7, 11) is -1.87. The molecule has 5 heteroatoms. The first-order chi connectivity index (χ1) is 10.1. The highest BCUT2D eigenvalue weighted by Gasteiger charge is 2.45. The molecule has 0 spiro atoms. The zero-order valence-corrected chi connectivity index (χ0v) is 16.2. The van der Waals surface area contributed by atoms with Crippen LogP contribution >= 0.6 is 11.8 Å². The molecule has 0 radical (unpaired) electrons. The van der Waals surface area contributed by atoms with E-state index in [-0.39, 0.29) is 22.5 Å². The molecule has 0 bridgehead atoms. The van der Waals surface area contributed by atoms with E-state index in [4.69, 9.17) is 4.43 Å². The largest absolute Gasteiger partial charge is 0.397 e. The zero-order valence-electron chi connectivity index (χ0n) is 14.4. The average Bonchev–Trinajstić information content (AvgIpc) is 2.36. The average molecular weight is 338 g/mol. The van der Waals surface area contributed by atoms with Crippen LogP contribution in [-0.2, 0) is 9.22 Å². The number of amides is 1. The molecule has 1 amide bonds. The molecule has 1 heterocycles. The molecule has 1 aliphatic rings. The fourth-order valence-electron chi connectivity index (χ4n) is 2.25. The summed E-state index contributed by atoms with van der Waals surface area (Å²) in [4.78, 5) is 15.2. The Morgan fingerprint density at radius 2 is 1.86 bits per heavy atom. The highest BCUT2D eigenvalue weighted by Crippen LogP contribution is 2.41. The van der Waals surface area contributed by atoms with Crippen molar-refractivity contribution in [2.24, 2.45) is 0 Å². The SMILES string of the molecule is CC(O[Si](C)(C)C(C)(C)C)N1C(=O)C[C@H]1Sc1ccccc1. The van der Waals surface area contributed by atoms with Crippen LogP contribution in [-0.4, -0.2) is 30.7 Å². The summed E-state index contributed by atoms with van der Waals surface area (Å²) in [5.74, 6) is 0.194. The van der Waals surface area contributed by atoms with E-state index in [1.807, 2.05) is 30.0 Å². The second kappa shape index (κ2) is 6.38. The molecule has 0 aromatic heterocycles. The lowest BCUT2D eigenvalue weighted by Gasteiger charge is -2.47. The predicted octanol–water partition coefficient (Wildman–Crippen LogP) is 4.70. The first kappa shape index (κ1) is 17.6. The van der Waals surface area contributed by atoms with Gasteiger partial charge in [-0.2, -0.15) is 0 Å². The molecule has 1 aliphatic heterocycles. The summed E-state index contributed by atoms with van der Waals surface area (Å²) in [5, 5.41) is 0.340. The molecule has 22 heavy (non-hydrogen) atoms.